The van der Waals surface area contributed by atoms with Gasteiger partial charge in [0.05, 0.1) is 16.7 Å². The molecule has 0 bridgehead atoms. The quantitative estimate of drug-likeness (QED) is 0.221. The van der Waals surface area contributed by atoms with Gasteiger partial charge in [-0.15, -0.1) is 11.3 Å². The van der Waals surface area contributed by atoms with Crippen LogP contribution in [0.15, 0.2) is 115 Å². The zero-order valence-corrected chi connectivity index (χ0v) is 21.1. The summed E-state index contributed by atoms with van der Waals surface area (Å²) in [5.74, 6) is 0.996. The van der Waals surface area contributed by atoms with Gasteiger partial charge in [0.1, 0.15) is 5.82 Å². The molecule has 0 atom stereocenters. The van der Waals surface area contributed by atoms with Crippen LogP contribution in [-0.4, -0.2) is 9.55 Å². The van der Waals surface area contributed by atoms with Crippen molar-refractivity contribution in [3.63, 3.8) is 0 Å². The summed E-state index contributed by atoms with van der Waals surface area (Å²) < 4.78 is 4.99. The van der Waals surface area contributed by atoms with Crippen molar-refractivity contribution in [2.75, 3.05) is 0 Å². The zero-order chi connectivity index (χ0) is 24.5. The average Bonchev–Trinajstić information content (AvgIpc) is 3.48. The lowest BCUT2D eigenvalue weighted by Gasteiger charge is -2.19. The van der Waals surface area contributed by atoms with Crippen LogP contribution in [-0.2, 0) is 0 Å². The molecule has 0 saturated carbocycles. The van der Waals surface area contributed by atoms with E-state index in [-0.39, 0.29) is 0 Å². The minimum atomic E-state index is 0.996. The fourth-order valence-corrected chi connectivity index (χ4v) is 7.18. The molecule has 0 radical (unpaired) electrons. The number of fused-ring (bicyclic) bond motifs is 6. The molecule has 0 unspecified atom stereocenters. The topological polar surface area (TPSA) is 17.8 Å². The fourth-order valence-electron chi connectivity index (χ4n) is 6.05. The summed E-state index contributed by atoms with van der Waals surface area (Å²) in [6.45, 7) is 2.11. The summed E-state index contributed by atoms with van der Waals surface area (Å²) >= 11 is 1.87. The number of benzene rings is 6. The Hall–Kier alpha value is -4.47. The van der Waals surface area contributed by atoms with Gasteiger partial charge >= 0.3 is 0 Å². The van der Waals surface area contributed by atoms with Crippen LogP contribution in [0, 0.1) is 6.92 Å². The predicted octanol–water partition coefficient (Wildman–Crippen LogP) is 9.68. The van der Waals surface area contributed by atoms with Crippen LogP contribution in [0.5, 0.6) is 0 Å². The van der Waals surface area contributed by atoms with Crippen molar-refractivity contribution < 1.29 is 0 Å². The van der Waals surface area contributed by atoms with Crippen LogP contribution in [0.25, 0.3) is 69.6 Å². The molecule has 2 aromatic heterocycles. The Kier molecular flexibility index (Phi) is 4.34. The molecule has 0 saturated heterocycles. The second-order valence-electron chi connectivity index (χ2n) is 9.57. The van der Waals surface area contributed by atoms with Crippen molar-refractivity contribution in [1.82, 2.24) is 9.55 Å². The number of para-hydroxylation sites is 2. The summed E-state index contributed by atoms with van der Waals surface area (Å²) in [7, 11) is 0. The molecule has 2 heterocycles. The third-order valence-electron chi connectivity index (χ3n) is 7.53. The van der Waals surface area contributed by atoms with Crippen molar-refractivity contribution >= 4 is 64.1 Å². The summed E-state index contributed by atoms with van der Waals surface area (Å²) in [5.41, 5.74) is 5.94. The smallest absolute Gasteiger partial charge is 0.111 e. The highest BCUT2D eigenvalue weighted by Crippen LogP contribution is 2.46. The number of hydrogen-bond acceptors (Lipinski definition) is 2. The predicted molar refractivity (Wildman–Crippen MR) is 159 cm³/mol. The molecule has 0 fully saturated rings. The van der Waals surface area contributed by atoms with Crippen molar-refractivity contribution in [2.45, 2.75) is 6.92 Å². The zero-order valence-electron chi connectivity index (χ0n) is 20.3. The maximum atomic E-state index is 4.92. The number of rotatable bonds is 2. The lowest BCUT2D eigenvalue weighted by Crippen LogP contribution is -2.01. The maximum absolute atomic E-state index is 4.92. The van der Waals surface area contributed by atoms with E-state index in [2.05, 4.69) is 127 Å². The molecule has 8 aromatic rings. The molecule has 3 heteroatoms. The Labute approximate surface area is 218 Å². The normalized spacial score (nSPS) is 11.9. The molecule has 6 aromatic carbocycles. The van der Waals surface area contributed by atoms with Gasteiger partial charge in [-0.2, -0.15) is 0 Å². The van der Waals surface area contributed by atoms with Crippen LogP contribution in [0.2, 0.25) is 0 Å². The van der Waals surface area contributed by atoms with E-state index in [9.17, 15) is 0 Å². The second-order valence-corrected chi connectivity index (χ2v) is 10.7. The lowest BCUT2D eigenvalue weighted by molar-refractivity contribution is 1.02. The van der Waals surface area contributed by atoms with Gasteiger partial charge in [-0.1, -0.05) is 91.0 Å². The average molecular weight is 491 g/mol. The van der Waals surface area contributed by atoms with E-state index in [0.717, 1.165) is 16.9 Å². The number of hydrogen-bond donors (Lipinski definition) is 0. The Morgan fingerprint density at radius 2 is 1.16 bits per heavy atom. The van der Waals surface area contributed by atoms with Crippen LogP contribution in [0.3, 0.4) is 0 Å². The Morgan fingerprint density at radius 3 is 1.92 bits per heavy atom. The number of imidazole rings is 1. The molecule has 2 nitrogen and oxygen atoms in total. The van der Waals surface area contributed by atoms with E-state index >= 15 is 0 Å². The maximum Gasteiger partial charge on any atom is 0.111 e. The molecule has 8 rings (SSSR count). The van der Waals surface area contributed by atoms with E-state index in [1.54, 1.807) is 0 Å². The summed E-state index contributed by atoms with van der Waals surface area (Å²) in [6.07, 6.45) is 0. The standard InChI is InChI=1S/C34H22N2S/c1-21-35-28-17-7-8-18-29(28)36(21)34-24-13-4-2-11-22(24)32(23-12-3-5-14-25(23)34)27-16-10-20-31-33(27)26-15-6-9-19-30(26)37-31/h2-20H,1H3. The molecule has 0 spiro atoms. The van der Waals surface area contributed by atoms with Crippen LogP contribution in [0.1, 0.15) is 5.82 Å². The van der Waals surface area contributed by atoms with Crippen LogP contribution < -0.4 is 0 Å². The minimum absolute atomic E-state index is 0.996. The first kappa shape index (κ1) is 20.7. The number of aryl methyl sites for hydroxylation is 1. The van der Waals surface area contributed by atoms with Gasteiger partial charge in [-0.05, 0) is 53.1 Å². The Morgan fingerprint density at radius 1 is 0.568 bits per heavy atom. The lowest BCUT2D eigenvalue weighted by atomic mass is 9.88. The third-order valence-corrected chi connectivity index (χ3v) is 8.66. The largest absolute Gasteiger partial charge is 0.295 e. The van der Waals surface area contributed by atoms with Gasteiger partial charge in [0.25, 0.3) is 0 Å². The molecular weight excluding hydrogens is 468 g/mol. The monoisotopic (exact) mass is 490 g/mol. The van der Waals surface area contributed by atoms with Crippen molar-refractivity contribution in [2.24, 2.45) is 0 Å². The van der Waals surface area contributed by atoms with E-state index < -0.39 is 0 Å². The van der Waals surface area contributed by atoms with Crippen LogP contribution >= 0.6 is 11.3 Å². The molecule has 37 heavy (non-hydrogen) atoms. The molecule has 0 aliphatic carbocycles. The van der Waals surface area contributed by atoms with Crippen molar-refractivity contribution in [1.29, 1.82) is 0 Å². The Bertz CT molecular complexity index is 2110. The van der Waals surface area contributed by atoms with E-state index in [0.29, 0.717) is 0 Å². The summed E-state index contributed by atoms with van der Waals surface area (Å²) in [6, 6.07) is 41.7. The highest BCUT2D eigenvalue weighted by Gasteiger charge is 2.21. The number of nitrogens with zero attached hydrogens (tertiary/aromatic N) is 2. The van der Waals surface area contributed by atoms with E-state index in [4.69, 9.17) is 4.98 Å². The van der Waals surface area contributed by atoms with Gasteiger partial charge in [0.15, 0.2) is 0 Å². The molecule has 0 aliphatic rings. The SMILES string of the molecule is Cc1nc2ccccc2n1-c1c2ccccc2c(-c2cccc3sc4ccccc4c23)c2ccccc12. The Balaban J connectivity index is 1.60. The molecule has 0 aliphatic heterocycles. The van der Waals surface area contributed by atoms with Gasteiger partial charge in [-0.3, -0.25) is 4.57 Å². The molecule has 174 valence electrons. The summed E-state index contributed by atoms with van der Waals surface area (Å²) in [5, 5.41) is 7.66. The van der Waals surface area contributed by atoms with Crippen molar-refractivity contribution in [3.8, 4) is 16.8 Å². The first-order valence-electron chi connectivity index (χ1n) is 12.6. The van der Waals surface area contributed by atoms with E-state index in [1.165, 1.54) is 58.5 Å². The van der Waals surface area contributed by atoms with Gasteiger partial charge in [0.2, 0.25) is 0 Å². The van der Waals surface area contributed by atoms with Gasteiger partial charge < -0.3 is 0 Å². The first-order chi connectivity index (χ1) is 18.3. The first-order valence-corrected chi connectivity index (χ1v) is 13.4. The van der Waals surface area contributed by atoms with Crippen LogP contribution in [0.4, 0.5) is 0 Å². The number of thiophene rings is 1. The second kappa shape index (κ2) is 7.76. The molecule has 0 N–H and O–H groups in total. The van der Waals surface area contributed by atoms with E-state index in [1.807, 2.05) is 11.3 Å². The highest BCUT2D eigenvalue weighted by molar-refractivity contribution is 7.25. The van der Waals surface area contributed by atoms with Gasteiger partial charge in [0, 0.05) is 30.9 Å². The summed E-state index contributed by atoms with van der Waals surface area (Å²) in [4.78, 5) is 4.92. The third kappa shape index (κ3) is 2.89. The van der Waals surface area contributed by atoms with Crippen molar-refractivity contribution in [3.05, 3.63) is 121 Å². The molecular formula is C34H22N2S. The molecule has 0 amide bonds. The number of aromatic nitrogens is 2. The fraction of sp³-hybridized carbons (Fsp3) is 0.0294. The minimum Gasteiger partial charge on any atom is -0.295 e. The highest BCUT2D eigenvalue weighted by atomic mass is 32.1. The van der Waals surface area contributed by atoms with Gasteiger partial charge in [-0.25, -0.2) is 4.98 Å².